The molecule has 0 amide bonds. The largest absolute Gasteiger partial charge is 0.366 e. The molecule has 8 heteroatoms. The smallest absolute Gasteiger partial charge is 0.245 e. The van der Waals surface area contributed by atoms with E-state index in [4.69, 9.17) is 0 Å². The van der Waals surface area contributed by atoms with Crippen molar-refractivity contribution in [3.63, 3.8) is 0 Å². The third-order valence-electron chi connectivity index (χ3n) is 2.52. The molecule has 0 aliphatic rings. The first-order valence-electron chi connectivity index (χ1n) is 5.74. The minimum atomic E-state index is -3.76. The predicted molar refractivity (Wildman–Crippen MR) is 69.2 cm³/mol. The number of nitrogens with one attached hydrogen (secondary N) is 3. The number of nitrogens with zero attached hydrogens (tertiary/aromatic N) is 1. The Labute approximate surface area is 110 Å². The lowest BCUT2D eigenvalue weighted by Gasteiger charge is -2.05. The number of imidazole rings is 1. The van der Waals surface area contributed by atoms with Gasteiger partial charge in [0.1, 0.15) is 10.7 Å². The highest BCUT2D eigenvalue weighted by Crippen LogP contribution is 2.00. The molecule has 0 saturated heterocycles. The summed E-state index contributed by atoms with van der Waals surface area (Å²) in [5.41, 5.74) is -0.530. The Hall–Kier alpha value is -1.93. The molecule has 2 heterocycles. The lowest BCUT2D eigenvalue weighted by molar-refractivity contribution is 0.577. The summed E-state index contributed by atoms with van der Waals surface area (Å²) in [5, 5.41) is 0. The van der Waals surface area contributed by atoms with E-state index in [1.165, 1.54) is 18.5 Å². The summed E-state index contributed by atoms with van der Waals surface area (Å²) in [7, 11) is -3.76. The second-order valence-corrected chi connectivity index (χ2v) is 5.65. The van der Waals surface area contributed by atoms with Crippen LogP contribution in [0.4, 0.5) is 0 Å². The molecular weight excluding hydrogens is 268 g/mol. The Bertz CT molecular complexity index is 676. The van der Waals surface area contributed by atoms with Gasteiger partial charge in [0.25, 0.3) is 0 Å². The predicted octanol–water partition coefficient (Wildman–Crippen LogP) is 0.00910. The maximum atomic E-state index is 11.9. The Kier molecular flexibility index (Phi) is 4.13. The van der Waals surface area contributed by atoms with Crippen molar-refractivity contribution in [1.29, 1.82) is 0 Å². The van der Waals surface area contributed by atoms with Crippen molar-refractivity contribution in [2.75, 3.05) is 6.54 Å². The van der Waals surface area contributed by atoms with Crippen LogP contribution >= 0.6 is 0 Å². The van der Waals surface area contributed by atoms with Crippen LogP contribution in [0.5, 0.6) is 0 Å². The van der Waals surface area contributed by atoms with Crippen molar-refractivity contribution in [2.45, 2.75) is 17.7 Å². The van der Waals surface area contributed by atoms with Gasteiger partial charge in [-0.1, -0.05) is 0 Å². The number of hydrogen-bond acceptors (Lipinski definition) is 4. The van der Waals surface area contributed by atoms with E-state index in [0.29, 0.717) is 12.8 Å². The summed E-state index contributed by atoms with van der Waals surface area (Å²) in [4.78, 5) is 20.7. The Balaban J connectivity index is 1.92. The summed E-state index contributed by atoms with van der Waals surface area (Å²) in [6.07, 6.45) is 7.15. The van der Waals surface area contributed by atoms with E-state index in [1.54, 1.807) is 12.4 Å². The van der Waals surface area contributed by atoms with Gasteiger partial charge in [-0.25, -0.2) is 18.1 Å². The molecule has 7 nitrogen and oxygen atoms in total. The van der Waals surface area contributed by atoms with Gasteiger partial charge in [-0.15, -0.1) is 0 Å². The van der Waals surface area contributed by atoms with Gasteiger partial charge < -0.3 is 9.97 Å². The molecule has 2 aromatic rings. The second-order valence-electron chi connectivity index (χ2n) is 3.91. The number of rotatable bonds is 6. The van der Waals surface area contributed by atoms with Gasteiger partial charge in [-0.05, 0) is 6.42 Å². The van der Waals surface area contributed by atoms with E-state index >= 15 is 0 Å². The van der Waals surface area contributed by atoms with E-state index in [0.717, 1.165) is 5.82 Å². The number of pyridine rings is 1. The summed E-state index contributed by atoms with van der Waals surface area (Å²) in [6, 6.07) is 1.18. The molecule has 2 aromatic heterocycles. The van der Waals surface area contributed by atoms with E-state index in [9.17, 15) is 13.2 Å². The summed E-state index contributed by atoms with van der Waals surface area (Å²) in [6.45, 7) is 0.247. The zero-order valence-electron chi connectivity index (χ0n) is 10.1. The molecule has 0 bridgehead atoms. The molecule has 0 aliphatic carbocycles. The Morgan fingerprint density at radius 3 is 2.84 bits per heavy atom. The SMILES string of the molecule is O=c1cc[nH]cc1S(=O)(=O)NCCCc1ncc[nH]1. The molecule has 2 rings (SSSR count). The van der Waals surface area contributed by atoms with Gasteiger partial charge in [0.2, 0.25) is 15.5 Å². The van der Waals surface area contributed by atoms with E-state index < -0.39 is 15.5 Å². The van der Waals surface area contributed by atoms with E-state index in [2.05, 4.69) is 19.7 Å². The van der Waals surface area contributed by atoms with Crippen LogP contribution in [0.2, 0.25) is 0 Å². The molecule has 102 valence electrons. The standard InChI is InChI=1S/C11H14N4O3S/c16-9-3-5-12-8-10(9)19(17,18)15-4-1-2-11-13-6-7-14-11/h3,5-8,15H,1-2,4H2,(H,12,16)(H,13,14). The normalized spacial score (nSPS) is 11.6. The van der Waals surface area contributed by atoms with Crippen molar-refractivity contribution < 1.29 is 8.42 Å². The zero-order chi connectivity index (χ0) is 13.7. The maximum absolute atomic E-state index is 11.9. The van der Waals surface area contributed by atoms with Gasteiger partial charge in [0.15, 0.2) is 0 Å². The van der Waals surface area contributed by atoms with Crippen LogP contribution in [-0.4, -0.2) is 29.9 Å². The van der Waals surface area contributed by atoms with Crippen molar-refractivity contribution >= 4 is 10.0 Å². The van der Waals surface area contributed by atoms with Crippen molar-refractivity contribution in [3.05, 3.63) is 46.9 Å². The quantitative estimate of drug-likeness (QED) is 0.648. The van der Waals surface area contributed by atoms with Gasteiger partial charge in [0.05, 0.1) is 0 Å². The lowest BCUT2D eigenvalue weighted by atomic mass is 10.3. The molecule has 0 aliphatic heterocycles. The van der Waals surface area contributed by atoms with Crippen LogP contribution in [0, 0.1) is 0 Å². The highest BCUT2D eigenvalue weighted by Gasteiger charge is 2.16. The molecule has 0 saturated carbocycles. The van der Waals surface area contributed by atoms with Crippen LogP contribution in [-0.2, 0) is 16.4 Å². The van der Waals surface area contributed by atoms with Crippen LogP contribution in [0.3, 0.4) is 0 Å². The maximum Gasteiger partial charge on any atom is 0.245 e. The van der Waals surface area contributed by atoms with E-state index in [1.807, 2.05) is 0 Å². The number of H-pyrrole nitrogens is 2. The third kappa shape index (κ3) is 3.52. The fraction of sp³-hybridized carbons (Fsp3) is 0.273. The minimum Gasteiger partial charge on any atom is -0.366 e. The molecule has 0 fully saturated rings. The molecular formula is C11H14N4O3S. The average Bonchev–Trinajstić information content (AvgIpc) is 2.88. The first-order chi connectivity index (χ1) is 9.09. The monoisotopic (exact) mass is 282 g/mol. The van der Waals surface area contributed by atoms with Crippen LogP contribution in [0.15, 0.2) is 40.5 Å². The summed E-state index contributed by atoms with van der Waals surface area (Å²) < 4.78 is 26.1. The van der Waals surface area contributed by atoms with Gasteiger partial charge in [0, 0.05) is 43.8 Å². The van der Waals surface area contributed by atoms with Crippen molar-refractivity contribution in [2.24, 2.45) is 0 Å². The highest BCUT2D eigenvalue weighted by atomic mass is 32.2. The molecule has 0 atom stereocenters. The van der Waals surface area contributed by atoms with Crippen molar-refractivity contribution in [3.8, 4) is 0 Å². The second kappa shape index (κ2) is 5.81. The van der Waals surface area contributed by atoms with Crippen molar-refractivity contribution in [1.82, 2.24) is 19.7 Å². The first kappa shape index (κ1) is 13.5. The van der Waals surface area contributed by atoms with E-state index in [-0.39, 0.29) is 11.4 Å². The Morgan fingerprint density at radius 1 is 1.32 bits per heavy atom. The number of aryl methyl sites for hydroxylation is 1. The van der Waals surface area contributed by atoms with Gasteiger partial charge in [-0.2, -0.15) is 0 Å². The number of hydrogen-bond donors (Lipinski definition) is 3. The summed E-state index contributed by atoms with van der Waals surface area (Å²) in [5.74, 6) is 0.803. The van der Waals surface area contributed by atoms with Gasteiger partial charge in [-0.3, -0.25) is 4.79 Å². The lowest BCUT2D eigenvalue weighted by Crippen LogP contribution is -2.29. The van der Waals surface area contributed by atoms with Gasteiger partial charge >= 0.3 is 0 Å². The minimum absolute atomic E-state index is 0.247. The van der Waals surface area contributed by atoms with Crippen LogP contribution in [0.1, 0.15) is 12.2 Å². The molecule has 0 radical (unpaired) electrons. The topological polar surface area (TPSA) is 108 Å². The molecule has 19 heavy (non-hydrogen) atoms. The molecule has 0 unspecified atom stereocenters. The average molecular weight is 282 g/mol. The number of aromatic amines is 2. The zero-order valence-corrected chi connectivity index (χ0v) is 10.9. The molecule has 0 spiro atoms. The molecule has 3 N–H and O–H groups in total. The third-order valence-corrected chi connectivity index (χ3v) is 4.00. The number of aromatic nitrogens is 3. The Morgan fingerprint density at radius 2 is 2.16 bits per heavy atom. The number of sulfonamides is 1. The highest BCUT2D eigenvalue weighted by molar-refractivity contribution is 7.89. The fourth-order valence-electron chi connectivity index (χ4n) is 1.59. The summed E-state index contributed by atoms with van der Waals surface area (Å²) >= 11 is 0. The van der Waals surface area contributed by atoms with Crippen LogP contribution < -0.4 is 10.2 Å². The van der Waals surface area contributed by atoms with Crippen LogP contribution in [0.25, 0.3) is 0 Å². The fourth-order valence-corrected chi connectivity index (χ4v) is 2.71. The molecule has 0 aromatic carbocycles. The first-order valence-corrected chi connectivity index (χ1v) is 7.23.